The first-order valence-electron chi connectivity index (χ1n) is 8.55. The first kappa shape index (κ1) is 19.8. The van der Waals surface area contributed by atoms with E-state index in [-0.39, 0.29) is 17.7 Å². The van der Waals surface area contributed by atoms with Crippen molar-refractivity contribution in [3.8, 4) is 6.07 Å². The Morgan fingerprint density at radius 2 is 2.07 bits per heavy atom. The minimum Gasteiger partial charge on any atom is -0.456 e. The smallest absolute Gasteiger partial charge is 0.306 e. The number of nitriles is 1. The van der Waals surface area contributed by atoms with Crippen molar-refractivity contribution >= 4 is 50.7 Å². The Hall–Kier alpha value is -2.95. The molecule has 0 aliphatic heterocycles. The fraction of sp³-hybridized carbons (Fsp3) is 0.200. The number of rotatable bonds is 7. The number of aryl methyl sites for hydroxylation is 1. The molecule has 1 amide bonds. The zero-order valence-corrected chi connectivity index (χ0v) is 16.3. The molecule has 1 N–H and O–H groups in total. The number of fused-ring (bicyclic) bond motifs is 1. The van der Waals surface area contributed by atoms with Crippen LogP contribution in [0.3, 0.4) is 0 Å². The van der Waals surface area contributed by atoms with Crippen LogP contribution in [-0.2, 0) is 20.7 Å². The molecule has 0 radical (unpaired) electrons. The van der Waals surface area contributed by atoms with Crippen molar-refractivity contribution in [2.75, 3.05) is 11.9 Å². The van der Waals surface area contributed by atoms with Crippen molar-refractivity contribution in [1.82, 2.24) is 4.98 Å². The van der Waals surface area contributed by atoms with Gasteiger partial charge in [-0.05, 0) is 43.2 Å². The number of amides is 1. The number of carbonyl (C=O) groups is 2. The van der Waals surface area contributed by atoms with Gasteiger partial charge < -0.3 is 10.1 Å². The Bertz CT molecular complexity index is 1030. The SMILES string of the molecule is N#Cc1ccc(Cl)cc1NC(=O)COC(=O)CCCc1nc2ccccc2s1. The normalized spacial score (nSPS) is 10.4. The molecular formula is C20H16ClN3O3S. The van der Waals surface area contributed by atoms with Crippen molar-refractivity contribution in [2.24, 2.45) is 0 Å². The summed E-state index contributed by atoms with van der Waals surface area (Å²) in [6.45, 7) is -0.419. The lowest BCUT2D eigenvalue weighted by Crippen LogP contribution is -2.21. The number of halogens is 1. The molecule has 0 saturated carbocycles. The lowest BCUT2D eigenvalue weighted by atomic mass is 10.2. The zero-order valence-electron chi connectivity index (χ0n) is 14.8. The quantitative estimate of drug-likeness (QED) is 0.582. The molecule has 3 rings (SSSR count). The zero-order chi connectivity index (χ0) is 19.9. The molecule has 2 aromatic carbocycles. The molecule has 0 bridgehead atoms. The van der Waals surface area contributed by atoms with Gasteiger partial charge in [-0.3, -0.25) is 9.59 Å². The second kappa shape index (κ2) is 9.31. The number of hydrogen-bond donors (Lipinski definition) is 1. The highest BCUT2D eigenvalue weighted by molar-refractivity contribution is 7.18. The Morgan fingerprint density at radius 1 is 1.25 bits per heavy atom. The summed E-state index contributed by atoms with van der Waals surface area (Å²) >= 11 is 7.48. The van der Waals surface area contributed by atoms with E-state index in [4.69, 9.17) is 21.6 Å². The molecule has 6 nitrogen and oxygen atoms in total. The summed E-state index contributed by atoms with van der Waals surface area (Å²) in [7, 11) is 0. The Balaban J connectivity index is 1.42. The molecule has 0 atom stereocenters. The first-order chi connectivity index (χ1) is 13.5. The van der Waals surface area contributed by atoms with Crippen LogP contribution in [0.2, 0.25) is 5.02 Å². The van der Waals surface area contributed by atoms with E-state index in [0.717, 1.165) is 15.2 Å². The Kier molecular flexibility index (Phi) is 6.58. The van der Waals surface area contributed by atoms with E-state index in [1.165, 1.54) is 12.1 Å². The maximum Gasteiger partial charge on any atom is 0.306 e. The topological polar surface area (TPSA) is 92.1 Å². The van der Waals surface area contributed by atoms with Gasteiger partial charge in [0.05, 0.1) is 26.5 Å². The molecule has 3 aromatic rings. The highest BCUT2D eigenvalue weighted by atomic mass is 35.5. The highest BCUT2D eigenvalue weighted by Gasteiger charge is 2.11. The predicted octanol–water partition coefficient (Wildman–Crippen LogP) is 4.33. The predicted molar refractivity (Wildman–Crippen MR) is 108 cm³/mol. The van der Waals surface area contributed by atoms with E-state index in [1.807, 2.05) is 30.3 Å². The molecule has 0 aliphatic rings. The summed E-state index contributed by atoms with van der Waals surface area (Å²) in [6.07, 6.45) is 1.46. The number of thiazole rings is 1. The molecule has 1 aromatic heterocycles. The van der Waals surface area contributed by atoms with Gasteiger partial charge in [-0.1, -0.05) is 23.7 Å². The van der Waals surface area contributed by atoms with E-state index in [0.29, 0.717) is 17.9 Å². The third kappa shape index (κ3) is 5.28. The summed E-state index contributed by atoms with van der Waals surface area (Å²) < 4.78 is 6.11. The largest absolute Gasteiger partial charge is 0.456 e. The van der Waals surface area contributed by atoms with Gasteiger partial charge in [0.25, 0.3) is 5.91 Å². The van der Waals surface area contributed by atoms with E-state index in [2.05, 4.69) is 10.3 Å². The van der Waals surface area contributed by atoms with Crippen LogP contribution in [0.5, 0.6) is 0 Å². The maximum atomic E-state index is 11.9. The molecule has 0 unspecified atom stereocenters. The number of carbonyl (C=O) groups excluding carboxylic acids is 2. The van der Waals surface area contributed by atoms with Crippen molar-refractivity contribution < 1.29 is 14.3 Å². The summed E-state index contributed by atoms with van der Waals surface area (Å²) in [4.78, 5) is 28.3. The van der Waals surface area contributed by atoms with Crippen molar-refractivity contribution in [3.05, 3.63) is 58.1 Å². The number of ether oxygens (including phenoxy) is 1. The van der Waals surface area contributed by atoms with Crippen LogP contribution in [-0.4, -0.2) is 23.5 Å². The number of aromatic nitrogens is 1. The number of esters is 1. The third-order valence-electron chi connectivity index (χ3n) is 3.85. The van der Waals surface area contributed by atoms with Crippen LogP contribution in [0.15, 0.2) is 42.5 Å². The van der Waals surface area contributed by atoms with Gasteiger partial charge in [-0.2, -0.15) is 5.26 Å². The Labute approximate surface area is 170 Å². The van der Waals surface area contributed by atoms with Crippen LogP contribution in [0.25, 0.3) is 10.2 Å². The van der Waals surface area contributed by atoms with Gasteiger partial charge in [0.1, 0.15) is 6.07 Å². The second-order valence-corrected chi connectivity index (χ2v) is 7.49. The molecule has 142 valence electrons. The molecule has 1 heterocycles. The molecule has 0 spiro atoms. The summed E-state index contributed by atoms with van der Waals surface area (Å²) in [5, 5.41) is 12.9. The summed E-state index contributed by atoms with van der Waals surface area (Å²) in [6, 6.07) is 14.4. The van der Waals surface area contributed by atoms with Gasteiger partial charge in [0, 0.05) is 11.4 Å². The third-order valence-corrected chi connectivity index (χ3v) is 5.18. The number of benzene rings is 2. The van der Waals surface area contributed by atoms with Crippen LogP contribution in [0.4, 0.5) is 5.69 Å². The molecule has 8 heteroatoms. The minimum atomic E-state index is -0.529. The van der Waals surface area contributed by atoms with Crippen molar-refractivity contribution in [3.63, 3.8) is 0 Å². The van der Waals surface area contributed by atoms with Crippen LogP contribution in [0.1, 0.15) is 23.4 Å². The molecule has 0 aliphatic carbocycles. The monoisotopic (exact) mass is 413 g/mol. The minimum absolute atomic E-state index is 0.198. The van der Waals surface area contributed by atoms with Crippen LogP contribution in [0, 0.1) is 11.3 Å². The molecule has 0 saturated heterocycles. The summed E-state index contributed by atoms with van der Waals surface area (Å²) in [5.74, 6) is -0.985. The molecule has 28 heavy (non-hydrogen) atoms. The van der Waals surface area contributed by atoms with Gasteiger partial charge in [0.15, 0.2) is 6.61 Å². The van der Waals surface area contributed by atoms with Crippen LogP contribution < -0.4 is 5.32 Å². The van der Waals surface area contributed by atoms with E-state index in [1.54, 1.807) is 17.4 Å². The number of hydrogen-bond acceptors (Lipinski definition) is 6. The maximum absolute atomic E-state index is 11.9. The fourth-order valence-corrected chi connectivity index (χ4v) is 3.71. The molecule has 0 fully saturated rings. The Morgan fingerprint density at radius 3 is 2.86 bits per heavy atom. The average Bonchev–Trinajstić information content (AvgIpc) is 3.09. The number of para-hydroxylation sites is 1. The molecular weight excluding hydrogens is 398 g/mol. The van der Waals surface area contributed by atoms with Crippen molar-refractivity contribution in [2.45, 2.75) is 19.3 Å². The number of nitrogens with one attached hydrogen (secondary N) is 1. The van der Waals surface area contributed by atoms with E-state index >= 15 is 0 Å². The van der Waals surface area contributed by atoms with E-state index < -0.39 is 18.5 Å². The second-order valence-electron chi connectivity index (χ2n) is 5.94. The van der Waals surface area contributed by atoms with Gasteiger partial charge in [0.2, 0.25) is 0 Å². The summed E-state index contributed by atoms with van der Waals surface area (Å²) in [5.41, 5.74) is 1.52. The standard InChI is InChI=1S/C20H16ClN3O3S/c21-14-9-8-13(11-22)16(10-14)23-18(25)12-27-20(26)7-3-6-19-24-15-4-1-2-5-17(15)28-19/h1-2,4-5,8-10H,3,6-7,12H2,(H,23,25). The number of nitrogens with zero attached hydrogens (tertiary/aromatic N) is 2. The lowest BCUT2D eigenvalue weighted by molar-refractivity contribution is -0.147. The van der Waals surface area contributed by atoms with Crippen molar-refractivity contribution in [1.29, 1.82) is 5.26 Å². The van der Waals surface area contributed by atoms with Gasteiger partial charge in [-0.15, -0.1) is 11.3 Å². The first-order valence-corrected chi connectivity index (χ1v) is 9.74. The van der Waals surface area contributed by atoms with Gasteiger partial charge >= 0.3 is 5.97 Å². The fourth-order valence-electron chi connectivity index (χ4n) is 2.53. The number of anilines is 1. The average molecular weight is 414 g/mol. The van der Waals surface area contributed by atoms with E-state index in [9.17, 15) is 9.59 Å². The lowest BCUT2D eigenvalue weighted by Gasteiger charge is -2.08. The van der Waals surface area contributed by atoms with Crippen LogP contribution >= 0.6 is 22.9 Å². The highest BCUT2D eigenvalue weighted by Crippen LogP contribution is 2.23. The van der Waals surface area contributed by atoms with Gasteiger partial charge in [-0.25, -0.2) is 4.98 Å².